The fraction of sp³-hybridized carbons (Fsp3) is 0.367. The molecular formula is C30H38N4O5. The average Bonchev–Trinajstić information content (AvgIpc) is 2.91. The Kier molecular flexibility index (Phi) is 10.6. The van der Waals surface area contributed by atoms with E-state index in [1.54, 1.807) is 51.1 Å². The Labute approximate surface area is 229 Å². The molecule has 0 aliphatic rings. The summed E-state index contributed by atoms with van der Waals surface area (Å²) in [5.41, 5.74) is -0.0411. The summed E-state index contributed by atoms with van der Waals surface area (Å²) in [7, 11) is 0. The van der Waals surface area contributed by atoms with Crippen LogP contribution in [0, 0.1) is 0 Å². The molecule has 3 aromatic carbocycles. The zero-order valence-corrected chi connectivity index (χ0v) is 22.6. The first-order chi connectivity index (χ1) is 18.5. The minimum atomic E-state index is -1.31. The van der Waals surface area contributed by atoms with Crippen LogP contribution in [0.1, 0.15) is 36.7 Å². The van der Waals surface area contributed by atoms with Gasteiger partial charge in [0.15, 0.2) is 0 Å². The molecule has 9 nitrogen and oxygen atoms in total. The molecule has 0 bridgehead atoms. The number of amides is 3. The molecule has 208 valence electrons. The maximum absolute atomic E-state index is 13.3. The molecule has 0 heterocycles. The maximum Gasteiger partial charge on any atom is 0.252 e. The number of hydrogen-bond donors (Lipinski definition) is 6. The van der Waals surface area contributed by atoms with E-state index in [9.17, 15) is 24.6 Å². The molecule has 0 aromatic heterocycles. The van der Waals surface area contributed by atoms with Crippen molar-refractivity contribution in [2.75, 3.05) is 19.6 Å². The lowest BCUT2D eigenvalue weighted by molar-refractivity contribution is -0.132. The standard InChI is InChI=1S/C30H38N4O5/c1-20(35)17-31-18-25(36)19-32-28(38)26(16-21-13-14-22-9-7-8-12-24(22)15-21)33-29(39)30(2,3)34-27(37)23-10-5-4-6-11-23/h4-15,20,25-26,31,35-36H,16-19H2,1-3H3,(H,32,38)(H,33,39)(H,34,37)/t20-,25?,26-/m1/s1. The van der Waals surface area contributed by atoms with Crippen LogP contribution >= 0.6 is 0 Å². The zero-order valence-electron chi connectivity index (χ0n) is 22.6. The lowest BCUT2D eigenvalue weighted by Gasteiger charge is -2.28. The highest BCUT2D eigenvalue weighted by Crippen LogP contribution is 2.17. The van der Waals surface area contributed by atoms with E-state index in [2.05, 4.69) is 21.3 Å². The third-order valence-electron chi connectivity index (χ3n) is 6.24. The van der Waals surface area contributed by atoms with E-state index >= 15 is 0 Å². The van der Waals surface area contributed by atoms with Gasteiger partial charge in [-0.15, -0.1) is 0 Å². The molecule has 3 aromatic rings. The molecule has 0 aliphatic carbocycles. The van der Waals surface area contributed by atoms with Crippen molar-refractivity contribution in [3.05, 3.63) is 83.9 Å². The van der Waals surface area contributed by atoms with E-state index in [4.69, 9.17) is 0 Å². The van der Waals surface area contributed by atoms with Gasteiger partial charge in [0.05, 0.1) is 12.2 Å². The van der Waals surface area contributed by atoms with Crippen molar-refractivity contribution in [3.8, 4) is 0 Å². The number of aliphatic hydroxyl groups is 2. The SMILES string of the molecule is C[C@@H](O)CNCC(O)CNC(=O)[C@@H](Cc1ccc2ccccc2c1)NC(=O)C(C)(C)NC(=O)c1ccccc1. The lowest BCUT2D eigenvalue weighted by atomic mass is 9.98. The fourth-order valence-corrected chi connectivity index (χ4v) is 4.02. The van der Waals surface area contributed by atoms with Crippen LogP contribution in [0.25, 0.3) is 10.8 Å². The first-order valence-electron chi connectivity index (χ1n) is 13.1. The number of carbonyl (C=O) groups is 3. The summed E-state index contributed by atoms with van der Waals surface area (Å²) in [6.07, 6.45) is -1.23. The summed E-state index contributed by atoms with van der Waals surface area (Å²) in [6.45, 7) is 5.24. The Morgan fingerprint density at radius 3 is 2.21 bits per heavy atom. The van der Waals surface area contributed by atoms with Gasteiger partial charge in [-0.2, -0.15) is 0 Å². The van der Waals surface area contributed by atoms with Crippen LogP contribution in [-0.2, 0) is 16.0 Å². The van der Waals surface area contributed by atoms with Gasteiger partial charge in [-0.25, -0.2) is 0 Å². The predicted octanol–water partition coefficient (Wildman–Crippen LogP) is 1.52. The molecule has 9 heteroatoms. The molecule has 3 rings (SSSR count). The van der Waals surface area contributed by atoms with Crippen LogP contribution in [0.2, 0.25) is 0 Å². The van der Waals surface area contributed by atoms with Gasteiger partial charge in [-0.1, -0.05) is 60.7 Å². The number of rotatable bonds is 13. The molecule has 6 N–H and O–H groups in total. The van der Waals surface area contributed by atoms with Gasteiger partial charge >= 0.3 is 0 Å². The number of hydrogen-bond acceptors (Lipinski definition) is 6. The summed E-state index contributed by atoms with van der Waals surface area (Å²) in [4.78, 5) is 39.2. The summed E-state index contributed by atoms with van der Waals surface area (Å²) in [5, 5.41) is 32.8. The minimum Gasteiger partial charge on any atom is -0.392 e. The molecule has 3 atom stereocenters. The van der Waals surface area contributed by atoms with Crippen LogP contribution in [0.15, 0.2) is 72.8 Å². The Morgan fingerprint density at radius 2 is 1.51 bits per heavy atom. The van der Waals surface area contributed by atoms with Gasteiger partial charge in [-0.3, -0.25) is 14.4 Å². The lowest BCUT2D eigenvalue weighted by Crippen LogP contribution is -2.59. The number of benzene rings is 3. The van der Waals surface area contributed by atoms with E-state index in [1.165, 1.54) is 0 Å². The Hall–Kier alpha value is -3.79. The van der Waals surface area contributed by atoms with Crippen LogP contribution in [0.4, 0.5) is 0 Å². The number of carbonyl (C=O) groups excluding carboxylic acids is 3. The van der Waals surface area contributed by atoms with E-state index in [0.29, 0.717) is 12.1 Å². The van der Waals surface area contributed by atoms with Gasteiger partial charge in [0.1, 0.15) is 11.6 Å². The summed E-state index contributed by atoms with van der Waals surface area (Å²) < 4.78 is 0. The highest BCUT2D eigenvalue weighted by atomic mass is 16.3. The van der Waals surface area contributed by atoms with E-state index in [0.717, 1.165) is 16.3 Å². The van der Waals surface area contributed by atoms with Crippen molar-refractivity contribution in [1.29, 1.82) is 0 Å². The highest BCUT2D eigenvalue weighted by molar-refractivity contribution is 6.00. The third kappa shape index (κ3) is 9.17. The number of nitrogens with one attached hydrogen (secondary N) is 4. The normalized spacial score (nSPS) is 13.8. The van der Waals surface area contributed by atoms with Gasteiger partial charge in [0.2, 0.25) is 11.8 Å². The summed E-state index contributed by atoms with van der Waals surface area (Å²) >= 11 is 0. The van der Waals surface area contributed by atoms with Crippen molar-refractivity contribution in [3.63, 3.8) is 0 Å². The van der Waals surface area contributed by atoms with Crippen molar-refractivity contribution in [2.24, 2.45) is 0 Å². The van der Waals surface area contributed by atoms with E-state index in [1.807, 2.05) is 42.5 Å². The highest BCUT2D eigenvalue weighted by Gasteiger charge is 2.33. The largest absolute Gasteiger partial charge is 0.392 e. The second-order valence-corrected chi connectivity index (χ2v) is 10.3. The van der Waals surface area contributed by atoms with Gasteiger partial charge < -0.3 is 31.5 Å². The van der Waals surface area contributed by atoms with Gasteiger partial charge in [0.25, 0.3) is 5.91 Å². The topological polar surface area (TPSA) is 140 Å². The van der Waals surface area contributed by atoms with Crippen molar-refractivity contribution in [2.45, 2.75) is 51.0 Å². The van der Waals surface area contributed by atoms with Gasteiger partial charge in [-0.05, 0) is 49.2 Å². The molecular weight excluding hydrogens is 496 g/mol. The Balaban J connectivity index is 1.72. The number of aliphatic hydroxyl groups excluding tert-OH is 2. The molecule has 0 aliphatic heterocycles. The zero-order chi connectivity index (χ0) is 28.4. The predicted molar refractivity (Wildman–Crippen MR) is 151 cm³/mol. The first-order valence-corrected chi connectivity index (χ1v) is 13.1. The maximum atomic E-state index is 13.3. The second kappa shape index (κ2) is 13.8. The molecule has 0 saturated carbocycles. The van der Waals surface area contributed by atoms with Crippen molar-refractivity contribution in [1.82, 2.24) is 21.3 Å². The van der Waals surface area contributed by atoms with Crippen LogP contribution in [-0.4, -0.2) is 71.4 Å². The molecule has 1 unspecified atom stereocenters. The summed E-state index contributed by atoms with van der Waals surface area (Å²) in [5.74, 6) is -1.39. The minimum absolute atomic E-state index is 0.0378. The van der Waals surface area contributed by atoms with Crippen LogP contribution < -0.4 is 21.3 Å². The Bertz CT molecular complexity index is 1260. The molecule has 3 amide bonds. The Morgan fingerprint density at radius 1 is 0.846 bits per heavy atom. The monoisotopic (exact) mass is 534 g/mol. The molecule has 0 spiro atoms. The van der Waals surface area contributed by atoms with Crippen molar-refractivity contribution < 1.29 is 24.6 Å². The van der Waals surface area contributed by atoms with Crippen LogP contribution in [0.5, 0.6) is 0 Å². The molecule has 39 heavy (non-hydrogen) atoms. The smallest absolute Gasteiger partial charge is 0.252 e. The van der Waals surface area contributed by atoms with Gasteiger partial charge in [0, 0.05) is 31.6 Å². The number of fused-ring (bicyclic) bond motifs is 1. The second-order valence-electron chi connectivity index (χ2n) is 10.3. The quantitative estimate of drug-likeness (QED) is 0.197. The summed E-state index contributed by atoms with van der Waals surface area (Å²) in [6, 6.07) is 21.3. The van der Waals surface area contributed by atoms with Crippen LogP contribution in [0.3, 0.4) is 0 Å². The van der Waals surface area contributed by atoms with Crippen molar-refractivity contribution >= 4 is 28.5 Å². The third-order valence-corrected chi connectivity index (χ3v) is 6.24. The van der Waals surface area contributed by atoms with E-state index < -0.39 is 41.5 Å². The molecule has 0 fully saturated rings. The fourth-order valence-electron chi connectivity index (χ4n) is 4.02. The first kappa shape index (κ1) is 29.8. The van der Waals surface area contributed by atoms with E-state index in [-0.39, 0.29) is 19.5 Å². The molecule has 0 saturated heterocycles. The average molecular weight is 535 g/mol. The molecule has 0 radical (unpaired) electrons.